The molecule has 8 heteroatoms. The average Bonchev–Trinajstić information content (AvgIpc) is 3.25. The van der Waals surface area contributed by atoms with Crippen LogP contribution in [0.2, 0.25) is 0 Å². The monoisotopic (exact) mass is 355 g/mol. The van der Waals surface area contributed by atoms with Gasteiger partial charge >= 0.3 is 0 Å². The Morgan fingerprint density at radius 1 is 1.50 bits per heavy atom. The van der Waals surface area contributed by atoms with E-state index in [2.05, 4.69) is 26.0 Å². The maximum atomic E-state index is 5.69. The van der Waals surface area contributed by atoms with Crippen molar-refractivity contribution in [1.29, 1.82) is 0 Å². The number of nitrogens with zero attached hydrogens (tertiary/aromatic N) is 3. The van der Waals surface area contributed by atoms with Crippen LogP contribution >= 0.6 is 11.3 Å². The predicted molar refractivity (Wildman–Crippen MR) is 99.0 cm³/mol. The van der Waals surface area contributed by atoms with E-state index in [4.69, 9.17) is 9.47 Å². The summed E-state index contributed by atoms with van der Waals surface area (Å²) in [6, 6.07) is 0. The standard InChI is InChI=1S/C16H29N5O2S/c1-17-15(19-9-14-12-24-16(20-14)21(2)3)18-6-4-7-22-10-13-5-8-23-11-13/h12-13H,4-11H2,1-3H3,(H2,17,18,19). The first-order chi connectivity index (χ1) is 11.7. The first kappa shape index (κ1) is 19.0. The third-order valence-corrected chi connectivity index (χ3v) is 4.78. The highest BCUT2D eigenvalue weighted by Gasteiger charge is 2.15. The summed E-state index contributed by atoms with van der Waals surface area (Å²) >= 11 is 1.64. The minimum atomic E-state index is 0.581. The van der Waals surface area contributed by atoms with Crippen molar-refractivity contribution in [2.75, 3.05) is 59.0 Å². The Labute approximate surface area is 148 Å². The van der Waals surface area contributed by atoms with Crippen molar-refractivity contribution in [2.45, 2.75) is 19.4 Å². The highest BCUT2D eigenvalue weighted by molar-refractivity contribution is 7.13. The number of rotatable bonds is 9. The Kier molecular flexibility index (Phi) is 8.27. The highest BCUT2D eigenvalue weighted by atomic mass is 32.1. The third-order valence-electron chi connectivity index (χ3n) is 3.72. The molecule has 2 heterocycles. The Morgan fingerprint density at radius 3 is 3.04 bits per heavy atom. The molecular formula is C16H29N5O2S. The van der Waals surface area contributed by atoms with E-state index in [1.807, 2.05) is 19.0 Å². The van der Waals surface area contributed by atoms with Gasteiger partial charge in [0.1, 0.15) is 0 Å². The number of thiazole rings is 1. The van der Waals surface area contributed by atoms with E-state index in [1.165, 1.54) is 0 Å². The fourth-order valence-corrected chi connectivity index (χ4v) is 3.08. The second kappa shape index (κ2) is 10.5. The molecule has 136 valence electrons. The minimum Gasteiger partial charge on any atom is -0.381 e. The average molecular weight is 356 g/mol. The number of aromatic nitrogens is 1. The van der Waals surface area contributed by atoms with Crippen LogP contribution in [0.15, 0.2) is 10.4 Å². The van der Waals surface area contributed by atoms with Crippen LogP contribution in [0.4, 0.5) is 5.13 Å². The van der Waals surface area contributed by atoms with Gasteiger partial charge in [-0.2, -0.15) is 0 Å². The molecule has 1 aliphatic heterocycles. The predicted octanol–water partition coefficient (Wildman–Crippen LogP) is 1.32. The second-order valence-corrected chi connectivity index (χ2v) is 6.86. The Balaban J connectivity index is 1.54. The van der Waals surface area contributed by atoms with Crippen LogP contribution in [0.25, 0.3) is 0 Å². The summed E-state index contributed by atoms with van der Waals surface area (Å²) in [5.74, 6) is 1.37. The van der Waals surface area contributed by atoms with Crippen molar-refractivity contribution >= 4 is 22.4 Å². The van der Waals surface area contributed by atoms with E-state index in [0.29, 0.717) is 12.5 Å². The first-order valence-corrected chi connectivity index (χ1v) is 9.28. The van der Waals surface area contributed by atoms with Crippen LogP contribution in [-0.4, -0.2) is 65.1 Å². The normalized spacial score (nSPS) is 18.0. The van der Waals surface area contributed by atoms with E-state index in [-0.39, 0.29) is 0 Å². The summed E-state index contributed by atoms with van der Waals surface area (Å²) in [4.78, 5) is 10.8. The molecule has 1 aromatic rings. The lowest BCUT2D eigenvalue weighted by molar-refractivity contribution is 0.0888. The van der Waals surface area contributed by atoms with Gasteiger partial charge in [0.15, 0.2) is 11.1 Å². The van der Waals surface area contributed by atoms with Crippen LogP contribution in [0, 0.1) is 5.92 Å². The molecule has 7 nitrogen and oxygen atoms in total. The molecule has 1 fully saturated rings. The molecule has 1 aliphatic rings. The molecule has 0 amide bonds. The topological polar surface area (TPSA) is 71.0 Å². The Hall–Kier alpha value is -1.38. The van der Waals surface area contributed by atoms with Crippen molar-refractivity contribution in [3.63, 3.8) is 0 Å². The van der Waals surface area contributed by atoms with Crippen LogP contribution in [0.3, 0.4) is 0 Å². The molecule has 1 saturated heterocycles. The molecule has 0 saturated carbocycles. The van der Waals surface area contributed by atoms with E-state index < -0.39 is 0 Å². The zero-order chi connectivity index (χ0) is 17.2. The van der Waals surface area contributed by atoms with Crippen molar-refractivity contribution in [1.82, 2.24) is 15.6 Å². The van der Waals surface area contributed by atoms with Crippen LogP contribution < -0.4 is 15.5 Å². The summed E-state index contributed by atoms with van der Waals surface area (Å²) in [6.07, 6.45) is 2.08. The van der Waals surface area contributed by atoms with Gasteiger partial charge < -0.3 is 25.0 Å². The van der Waals surface area contributed by atoms with Crippen molar-refractivity contribution < 1.29 is 9.47 Å². The first-order valence-electron chi connectivity index (χ1n) is 8.40. The van der Waals surface area contributed by atoms with Gasteiger partial charge in [-0.15, -0.1) is 11.3 Å². The molecule has 1 unspecified atom stereocenters. The molecule has 0 aliphatic carbocycles. The van der Waals surface area contributed by atoms with Crippen LogP contribution in [-0.2, 0) is 16.0 Å². The van der Waals surface area contributed by atoms with E-state index in [9.17, 15) is 0 Å². The van der Waals surface area contributed by atoms with Gasteiger partial charge in [-0.3, -0.25) is 4.99 Å². The van der Waals surface area contributed by atoms with Gasteiger partial charge in [-0.05, 0) is 12.8 Å². The number of anilines is 1. The lowest BCUT2D eigenvalue weighted by Crippen LogP contribution is -2.37. The number of hydrogen-bond donors (Lipinski definition) is 2. The van der Waals surface area contributed by atoms with Crippen LogP contribution in [0.1, 0.15) is 18.5 Å². The fourth-order valence-electron chi connectivity index (χ4n) is 2.32. The van der Waals surface area contributed by atoms with Gasteiger partial charge in [-0.25, -0.2) is 4.98 Å². The SMILES string of the molecule is CN=C(NCCCOCC1CCOC1)NCc1csc(N(C)C)n1. The lowest BCUT2D eigenvalue weighted by Gasteiger charge is -2.12. The number of ether oxygens (including phenoxy) is 2. The van der Waals surface area contributed by atoms with E-state index in [0.717, 1.165) is 62.6 Å². The quantitative estimate of drug-likeness (QED) is 0.395. The summed E-state index contributed by atoms with van der Waals surface area (Å²) in [6.45, 7) is 4.81. The molecule has 24 heavy (non-hydrogen) atoms. The molecule has 2 rings (SSSR count). The lowest BCUT2D eigenvalue weighted by atomic mass is 10.1. The number of aliphatic imine (C=N–C) groups is 1. The summed E-state index contributed by atoms with van der Waals surface area (Å²) < 4.78 is 11.0. The maximum absolute atomic E-state index is 5.69. The Morgan fingerprint density at radius 2 is 2.38 bits per heavy atom. The molecule has 1 aromatic heterocycles. The van der Waals surface area contributed by atoms with Gasteiger partial charge in [0.2, 0.25) is 0 Å². The summed E-state index contributed by atoms with van der Waals surface area (Å²) in [5.41, 5.74) is 1.02. The van der Waals surface area contributed by atoms with Crippen molar-refractivity contribution in [3.8, 4) is 0 Å². The minimum absolute atomic E-state index is 0.581. The molecule has 1 atom stereocenters. The molecule has 0 spiro atoms. The Bertz CT molecular complexity index is 500. The third kappa shape index (κ3) is 6.62. The van der Waals surface area contributed by atoms with Crippen LogP contribution in [0.5, 0.6) is 0 Å². The van der Waals surface area contributed by atoms with E-state index in [1.54, 1.807) is 18.4 Å². The molecule has 0 bridgehead atoms. The molecule has 0 aromatic carbocycles. The van der Waals surface area contributed by atoms with Gasteiger partial charge in [0.25, 0.3) is 0 Å². The maximum Gasteiger partial charge on any atom is 0.191 e. The van der Waals surface area contributed by atoms with Gasteiger partial charge in [0, 0.05) is 52.2 Å². The second-order valence-electron chi connectivity index (χ2n) is 6.03. The van der Waals surface area contributed by atoms with E-state index >= 15 is 0 Å². The zero-order valence-corrected chi connectivity index (χ0v) is 15.7. The summed E-state index contributed by atoms with van der Waals surface area (Å²) in [5, 5.41) is 9.66. The fraction of sp³-hybridized carbons (Fsp3) is 0.750. The molecular weight excluding hydrogens is 326 g/mol. The highest BCUT2D eigenvalue weighted by Crippen LogP contribution is 2.17. The zero-order valence-electron chi connectivity index (χ0n) is 14.9. The summed E-state index contributed by atoms with van der Waals surface area (Å²) in [7, 11) is 5.77. The van der Waals surface area contributed by atoms with Gasteiger partial charge in [0.05, 0.1) is 25.5 Å². The molecule has 0 radical (unpaired) electrons. The molecule has 2 N–H and O–H groups in total. The number of nitrogens with one attached hydrogen (secondary N) is 2. The number of guanidine groups is 1. The smallest absolute Gasteiger partial charge is 0.191 e. The van der Waals surface area contributed by atoms with Crippen molar-refractivity contribution in [2.24, 2.45) is 10.9 Å². The van der Waals surface area contributed by atoms with Crippen molar-refractivity contribution in [3.05, 3.63) is 11.1 Å². The largest absolute Gasteiger partial charge is 0.381 e. The number of hydrogen-bond acceptors (Lipinski definition) is 6. The van der Waals surface area contributed by atoms with Gasteiger partial charge in [-0.1, -0.05) is 0 Å².